The minimum Gasteiger partial charge on any atom is -0.476 e. The van der Waals surface area contributed by atoms with Crippen LogP contribution in [0.1, 0.15) is 48.9 Å². The molecular weight excluding hydrogens is 256 g/mol. The molecule has 1 aromatic rings. The molecule has 0 aliphatic heterocycles. The smallest absolute Gasteiger partial charge is 0.356 e. The van der Waals surface area contributed by atoms with E-state index in [0.29, 0.717) is 24.1 Å². The lowest BCUT2D eigenvalue weighted by molar-refractivity contribution is 0.0691. The molecular formula is C14H22N4O2. The summed E-state index contributed by atoms with van der Waals surface area (Å²) in [6.45, 7) is 5.46. The van der Waals surface area contributed by atoms with E-state index in [-0.39, 0.29) is 11.6 Å². The maximum absolute atomic E-state index is 11.3. The molecule has 6 nitrogen and oxygen atoms in total. The zero-order valence-corrected chi connectivity index (χ0v) is 12.3. The Morgan fingerprint density at radius 2 is 2.25 bits per heavy atom. The van der Waals surface area contributed by atoms with Crippen molar-refractivity contribution < 1.29 is 9.90 Å². The molecule has 0 spiro atoms. The molecule has 1 heterocycles. The first-order valence-electron chi connectivity index (χ1n) is 7.03. The average molecular weight is 278 g/mol. The van der Waals surface area contributed by atoms with Gasteiger partial charge in [-0.3, -0.25) is 0 Å². The first kappa shape index (κ1) is 14.7. The number of rotatable bonds is 7. The molecule has 1 fully saturated rings. The number of hydrogen-bond acceptors (Lipinski definition) is 5. The van der Waals surface area contributed by atoms with Crippen LogP contribution in [0, 0.1) is 0 Å². The summed E-state index contributed by atoms with van der Waals surface area (Å²) < 4.78 is 0. The Hall–Kier alpha value is -1.69. The monoisotopic (exact) mass is 278 g/mol. The maximum atomic E-state index is 11.3. The summed E-state index contributed by atoms with van der Waals surface area (Å²) in [5.41, 5.74) is 0.545. The number of carboxylic acid groups (broad SMARTS) is 1. The van der Waals surface area contributed by atoms with Crippen LogP contribution in [0.15, 0.2) is 6.20 Å². The van der Waals surface area contributed by atoms with Crippen molar-refractivity contribution >= 4 is 11.7 Å². The standard InChI is InChI=1S/C14H22N4O2/c1-9(2)13-16-8-11(12(17-13)14(19)20)15-6-7-18(3)10-4-5-10/h8-10,15H,4-7H2,1-3H3,(H,19,20). The Kier molecular flexibility index (Phi) is 4.54. The van der Waals surface area contributed by atoms with Crippen molar-refractivity contribution in [2.45, 2.75) is 38.6 Å². The van der Waals surface area contributed by atoms with Gasteiger partial charge in [0.25, 0.3) is 0 Å². The lowest BCUT2D eigenvalue weighted by Gasteiger charge is -2.17. The highest BCUT2D eigenvalue weighted by Gasteiger charge is 2.25. The van der Waals surface area contributed by atoms with Gasteiger partial charge in [0.05, 0.1) is 11.9 Å². The van der Waals surface area contributed by atoms with Crippen molar-refractivity contribution in [1.82, 2.24) is 14.9 Å². The molecule has 0 atom stereocenters. The van der Waals surface area contributed by atoms with Crippen LogP contribution >= 0.6 is 0 Å². The normalized spacial score (nSPS) is 14.8. The predicted octanol–water partition coefficient (Wildman–Crippen LogP) is 1.80. The SMILES string of the molecule is CC(C)c1ncc(NCCN(C)C2CC2)c(C(=O)O)n1. The van der Waals surface area contributed by atoms with Gasteiger partial charge in [-0.2, -0.15) is 0 Å². The summed E-state index contributed by atoms with van der Waals surface area (Å²) in [6.07, 6.45) is 4.11. The Labute approximate surface area is 119 Å². The van der Waals surface area contributed by atoms with E-state index in [9.17, 15) is 9.90 Å². The van der Waals surface area contributed by atoms with Crippen LogP contribution < -0.4 is 5.32 Å². The topological polar surface area (TPSA) is 78.4 Å². The third-order valence-electron chi connectivity index (χ3n) is 3.48. The summed E-state index contributed by atoms with van der Waals surface area (Å²) in [5.74, 6) is -0.349. The van der Waals surface area contributed by atoms with Gasteiger partial charge in [-0.1, -0.05) is 13.8 Å². The van der Waals surface area contributed by atoms with Gasteiger partial charge in [-0.15, -0.1) is 0 Å². The third kappa shape index (κ3) is 3.66. The first-order valence-corrected chi connectivity index (χ1v) is 7.03. The van der Waals surface area contributed by atoms with Crippen LogP contribution in [-0.4, -0.2) is 52.1 Å². The highest BCUT2D eigenvalue weighted by atomic mass is 16.4. The summed E-state index contributed by atoms with van der Waals surface area (Å²) in [4.78, 5) is 21.9. The number of aromatic nitrogens is 2. The second-order valence-electron chi connectivity index (χ2n) is 5.59. The van der Waals surface area contributed by atoms with E-state index in [0.717, 1.165) is 6.54 Å². The number of carboxylic acids is 1. The van der Waals surface area contributed by atoms with E-state index in [4.69, 9.17) is 0 Å². The average Bonchev–Trinajstić information content (AvgIpc) is 3.22. The number of anilines is 1. The molecule has 1 aliphatic rings. The van der Waals surface area contributed by atoms with Crippen LogP contribution in [-0.2, 0) is 0 Å². The lowest BCUT2D eigenvalue weighted by Crippen LogP contribution is -2.27. The molecule has 1 aromatic heterocycles. The predicted molar refractivity (Wildman–Crippen MR) is 77.2 cm³/mol. The van der Waals surface area contributed by atoms with Gasteiger partial charge in [0.15, 0.2) is 5.69 Å². The van der Waals surface area contributed by atoms with Crippen molar-refractivity contribution in [3.63, 3.8) is 0 Å². The first-order chi connectivity index (χ1) is 9.49. The molecule has 1 aliphatic carbocycles. The minimum atomic E-state index is -1.02. The van der Waals surface area contributed by atoms with Crippen molar-refractivity contribution in [3.05, 3.63) is 17.7 Å². The fourth-order valence-electron chi connectivity index (χ4n) is 2.03. The molecule has 0 radical (unpaired) electrons. The largest absolute Gasteiger partial charge is 0.476 e. The van der Waals surface area contributed by atoms with E-state index >= 15 is 0 Å². The summed E-state index contributed by atoms with van der Waals surface area (Å²) >= 11 is 0. The zero-order chi connectivity index (χ0) is 14.7. The highest BCUT2D eigenvalue weighted by Crippen LogP contribution is 2.24. The second kappa shape index (κ2) is 6.17. The molecule has 20 heavy (non-hydrogen) atoms. The number of nitrogens with zero attached hydrogens (tertiary/aromatic N) is 3. The Balaban J connectivity index is 2.00. The molecule has 0 amide bonds. The molecule has 110 valence electrons. The second-order valence-corrected chi connectivity index (χ2v) is 5.59. The lowest BCUT2D eigenvalue weighted by atomic mass is 10.2. The molecule has 6 heteroatoms. The van der Waals surface area contributed by atoms with Crippen molar-refractivity contribution in [2.75, 3.05) is 25.5 Å². The zero-order valence-electron chi connectivity index (χ0n) is 12.3. The Morgan fingerprint density at radius 3 is 2.80 bits per heavy atom. The van der Waals surface area contributed by atoms with Crippen LogP contribution in [0.2, 0.25) is 0 Å². The van der Waals surface area contributed by atoms with Crippen molar-refractivity contribution in [3.8, 4) is 0 Å². The van der Waals surface area contributed by atoms with Gasteiger partial charge in [-0.05, 0) is 19.9 Å². The third-order valence-corrected chi connectivity index (χ3v) is 3.48. The van der Waals surface area contributed by atoms with E-state index in [1.165, 1.54) is 12.8 Å². The van der Waals surface area contributed by atoms with Crippen molar-refractivity contribution in [2.24, 2.45) is 0 Å². The molecule has 2 rings (SSSR count). The van der Waals surface area contributed by atoms with Crippen LogP contribution in [0.25, 0.3) is 0 Å². The van der Waals surface area contributed by atoms with E-state index in [1.54, 1.807) is 6.20 Å². The molecule has 2 N–H and O–H groups in total. The van der Waals surface area contributed by atoms with E-state index in [1.807, 2.05) is 13.8 Å². The fraction of sp³-hybridized carbons (Fsp3) is 0.643. The van der Waals surface area contributed by atoms with Crippen LogP contribution in [0.5, 0.6) is 0 Å². The van der Waals surface area contributed by atoms with Crippen molar-refractivity contribution in [1.29, 1.82) is 0 Å². The number of carbonyl (C=O) groups is 1. The van der Waals surface area contributed by atoms with Crippen LogP contribution in [0.3, 0.4) is 0 Å². The van der Waals surface area contributed by atoms with Gasteiger partial charge in [-0.25, -0.2) is 14.8 Å². The van der Waals surface area contributed by atoms with Gasteiger partial charge in [0.2, 0.25) is 0 Å². The minimum absolute atomic E-state index is 0.0535. The van der Waals surface area contributed by atoms with E-state index < -0.39 is 5.97 Å². The number of hydrogen-bond donors (Lipinski definition) is 2. The summed E-state index contributed by atoms with van der Waals surface area (Å²) in [6, 6.07) is 0.704. The van der Waals surface area contributed by atoms with Gasteiger partial charge >= 0.3 is 5.97 Å². The number of nitrogens with one attached hydrogen (secondary N) is 1. The van der Waals surface area contributed by atoms with Crippen LogP contribution in [0.4, 0.5) is 5.69 Å². The summed E-state index contributed by atoms with van der Waals surface area (Å²) in [5, 5.41) is 12.4. The van der Waals surface area contributed by atoms with E-state index in [2.05, 4.69) is 27.2 Å². The fourth-order valence-corrected chi connectivity index (χ4v) is 2.03. The maximum Gasteiger partial charge on any atom is 0.356 e. The van der Waals surface area contributed by atoms with Gasteiger partial charge < -0.3 is 15.3 Å². The quantitative estimate of drug-likeness (QED) is 0.792. The number of aromatic carboxylic acids is 1. The molecule has 0 bridgehead atoms. The Bertz CT molecular complexity index is 486. The van der Waals surface area contributed by atoms with Gasteiger partial charge in [0, 0.05) is 25.0 Å². The van der Waals surface area contributed by atoms with Gasteiger partial charge in [0.1, 0.15) is 5.82 Å². The molecule has 0 saturated heterocycles. The number of likely N-dealkylation sites (N-methyl/N-ethyl adjacent to an activating group) is 1. The molecule has 1 saturated carbocycles. The highest BCUT2D eigenvalue weighted by molar-refractivity contribution is 5.91. The molecule has 0 unspecified atom stereocenters. The summed E-state index contributed by atoms with van der Waals surface area (Å²) in [7, 11) is 2.09. The Morgan fingerprint density at radius 1 is 1.55 bits per heavy atom. The molecule has 0 aromatic carbocycles.